The second kappa shape index (κ2) is 9.91. The SMILES string of the molecule is CCN(CC)C(CNC(=O)Cc1c(F)cccc1Cl)c1ccccc1Cl. The molecule has 0 aliphatic carbocycles. The van der Waals surface area contributed by atoms with E-state index in [4.69, 9.17) is 23.2 Å². The topological polar surface area (TPSA) is 32.3 Å². The first-order valence-corrected chi connectivity index (χ1v) is 9.41. The molecule has 3 nitrogen and oxygen atoms in total. The molecule has 0 heterocycles. The fourth-order valence-electron chi connectivity index (χ4n) is 2.98. The summed E-state index contributed by atoms with van der Waals surface area (Å²) in [6, 6.07) is 12.0. The van der Waals surface area contributed by atoms with Crippen LogP contribution in [0, 0.1) is 5.82 Å². The normalized spacial score (nSPS) is 12.2. The number of halogens is 3. The van der Waals surface area contributed by atoms with Gasteiger partial charge in [0.1, 0.15) is 5.82 Å². The van der Waals surface area contributed by atoms with Gasteiger partial charge in [-0.05, 0) is 36.9 Å². The summed E-state index contributed by atoms with van der Waals surface area (Å²) in [6.07, 6.45) is -0.0982. The number of amides is 1. The minimum absolute atomic E-state index is 0.0567. The van der Waals surface area contributed by atoms with E-state index in [0.29, 0.717) is 11.6 Å². The molecule has 26 heavy (non-hydrogen) atoms. The molecule has 0 radical (unpaired) electrons. The lowest BCUT2D eigenvalue weighted by Crippen LogP contribution is -2.38. The second-order valence-electron chi connectivity index (χ2n) is 5.94. The Morgan fingerprint density at radius 1 is 1.08 bits per heavy atom. The maximum Gasteiger partial charge on any atom is 0.224 e. The Morgan fingerprint density at radius 2 is 1.73 bits per heavy atom. The zero-order chi connectivity index (χ0) is 19.1. The average Bonchev–Trinajstić information content (AvgIpc) is 2.62. The molecule has 0 saturated heterocycles. The van der Waals surface area contributed by atoms with E-state index in [1.165, 1.54) is 12.1 Å². The predicted octanol–water partition coefficient (Wildman–Crippen LogP) is 4.87. The van der Waals surface area contributed by atoms with Crippen molar-refractivity contribution in [3.05, 3.63) is 69.5 Å². The Labute approximate surface area is 164 Å². The Balaban J connectivity index is 2.12. The highest BCUT2D eigenvalue weighted by Gasteiger charge is 2.21. The molecular weight excluding hydrogens is 374 g/mol. The number of carbonyl (C=O) groups excluding carboxylic acids is 1. The molecule has 0 fully saturated rings. The fourth-order valence-corrected chi connectivity index (χ4v) is 3.47. The van der Waals surface area contributed by atoms with Crippen molar-refractivity contribution in [3.8, 4) is 0 Å². The third kappa shape index (κ3) is 5.19. The Kier molecular flexibility index (Phi) is 7.88. The number of hydrogen-bond donors (Lipinski definition) is 1. The number of rotatable bonds is 8. The first-order chi connectivity index (χ1) is 12.5. The van der Waals surface area contributed by atoms with Crippen LogP contribution in [0.4, 0.5) is 4.39 Å². The molecule has 0 saturated carbocycles. The van der Waals surface area contributed by atoms with Crippen molar-refractivity contribution < 1.29 is 9.18 Å². The van der Waals surface area contributed by atoms with Gasteiger partial charge in [-0.3, -0.25) is 9.69 Å². The lowest BCUT2D eigenvalue weighted by Gasteiger charge is -2.31. The van der Waals surface area contributed by atoms with Crippen LogP contribution in [0.5, 0.6) is 0 Å². The molecule has 2 rings (SSSR count). The van der Waals surface area contributed by atoms with Crippen LogP contribution < -0.4 is 5.32 Å². The smallest absolute Gasteiger partial charge is 0.224 e. The third-order valence-electron chi connectivity index (χ3n) is 4.41. The van der Waals surface area contributed by atoms with Crippen molar-refractivity contribution in [3.63, 3.8) is 0 Å². The van der Waals surface area contributed by atoms with Gasteiger partial charge < -0.3 is 5.32 Å². The van der Waals surface area contributed by atoms with E-state index >= 15 is 0 Å². The van der Waals surface area contributed by atoms with Crippen LogP contribution in [0.2, 0.25) is 10.0 Å². The Bertz CT molecular complexity index is 730. The van der Waals surface area contributed by atoms with Gasteiger partial charge in [0.15, 0.2) is 0 Å². The summed E-state index contributed by atoms with van der Waals surface area (Å²) >= 11 is 12.4. The molecule has 1 unspecified atom stereocenters. The Morgan fingerprint density at radius 3 is 2.35 bits per heavy atom. The van der Waals surface area contributed by atoms with Crippen LogP contribution in [0.25, 0.3) is 0 Å². The lowest BCUT2D eigenvalue weighted by molar-refractivity contribution is -0.120. The zero-order valence-electron chi connectivity index (χ0n) is 14.9. The third-order valence-corrected chi connectivity index (χ3v) is 5.11. The largest absolute Gasteiger partial charge is 0.354 e. The molecule has 0 aromatic heterocycles. The number of hydrogen-bond acceptors (Lipinski definition) is 2. The first kappa shape index (κ1) is 20.7. The summed E-state index contributed by atoms with van der Waals surface area (Å²) in [4.78, 5) is 14.6. The van der Waals surface area contributed by atoms with E-state index in [9.17, 15) is 9.18 Å². The highest BCUT2D eigenvalue weighted by Crippen LogP contribution is 2.27. The molecule has 2 aromatic carbocycles. The van der Waals surface area contributed by atoms with Crippen molar-refractivity contribution in [2.24, 2.45) is 0 Å². The molecule has 2 aromatic rings. The molecular formula is C20H23Cl2FN2O. The van der Waals surface area contributed by atoms with Gasteiger partial charge >= 0.3 is 0 Å². The van der Waals surface area contributed by atoms with Crippen molar-refractivity contribution >= 4 is 29.1 Å². The lowest BCUT2D eigenvalue weighted by atomic mass is 10.0. The molecule has 140 valence electrons. The first-order valence-electron chi connectivity index (χ1n) is 8.65. The highest BCUT2D eigenvalue weighted by molar-refractivity contribution is 6.31. The van der Waals surface area contributed by atoms with Crippen LogP contribution in [0.15, 0.2) is 42.5 Å². The van der Waals surface area contributed by atoms with Crippen molar-refractivity contribution in [2.45, 2.75) is 26.3 Å². The molecule has 0 aliphatic rings. The van der Waals surface area contributed by atoms with Gasteiger partial charge in [-0.1, -0.05) is 61.3 Å². The highest BCUT2D eigenvalue weighted by atomic mass is 35.5. The van der Waals surface area contributed by atoms with Crippen molar-refractivity contribution in [2.75, 3.05) is 19.6 Å². The number of nitrogens with one attached hydrogen (secondary N) is 1. The van der Waals surface area contributed by atoms with Gasteiger partial charge in [-0.25, -0.2) is 4.39 Å². The monoisotopic (exact) mass is 396 g/mol. The molecule has 0 aliphatic heterocycles. The quantitative estimate of drug-likeness (QED) is 0.689. The number of nitrogens with zero attached hydrogens (tertiary/aromatic N) is 1. The van der Waals surface area contributed by atoms with Gasteiger partial charge in [0, 0.05) is 22.2 Å². The van der Waals surface area contributed by atoms with E-state index < -0.39 is 5.82 Å². The minimum Gasteiger partial charge on any atom is -0.354 e. The molecule has 1 atom stereocenters. The fraction of sp³-hybridized carbons (Fsp3) is 0.350. The number of benzene rings is 2. The Hall–Kier alpha value is -1.62. The van der Waals surface area contributed by atoms with E-state index in [2.05, 4.69) is 24.1 Å². The number of likely N-dealkylation sites (N-methyl/N-ethyl adjacent to an activating group) is 1. The van der Waals surface area contributed by atoms with Gasteiger partial charge in [-0.15, -0.1) is 0 Å². The second-order valence-corrected chi connectivity index (χ2v) is 6.75. The van der Waals surface area contributed by atoms with Gasteiger partial charge in [0.25, 0.3) is 0 Å². The average molecular weight is 397 g/mol. The van der Waals surface area contributed by atoms with E-state index in [1.807, 2.05) is 24.3 Å². The molecule has 0 bridgehead atoms. The summed E-state index contributed by atoms with van der Waals surface area (Å²) in [6.45, 7) is 6.15. The van der Waals surface area contributed by atoms with Gasteiger partial charge in [0.05, 0.1) is 12.5 Å². The summed E-state index contributed by atoms with van der Waals surface area (Å²) in [5.41, 5.74) is 1.17. The van der Waals surface area contributed by atoms with Gasteiger partial charge in [-0.2, -0.15) is 0 Å². The van der Waals surface area contributed by atoms with E-state index in [1.54, 1.807) is 6.07 Å². The van der Waals surface area contributed by atoms with Crippen LogP contribution in [-0.2, 0) is 11.2 Å². The minimum atomic E-state index is -0.473. The van der Waals surface area contributed by atoms with Crippen LogP contribution in [-0.4, -0.2) is 30.4 Å². The maximum atomic E-state index is 13.9. The van der Waals surface area contributed by atoms with Crippen LogP contribution in [0.3, 0.4) is 0 Å². The summed E-state index contributed by atoms with van der Waals surface area (Å²) in [5, 5.41) is 3.81. The summed E-state index contributed by atoms with van der Waals surface area (Å²) in [7, 11) is 0. The molecule has 0 spiro atoms. The molecule has 1 N–H and O–H groups in total. The standard InChI is InChI=1S/C20H23Cl2FN2O/c1-3-25(4-2)19(14-8-5-6-9-16(14)21)13-24-20(26)12-15-17(22)10-7-11-18(15)23/h5-11,19H,3-4,12-13H2,1-2H3,(H,24,26). The van der Waals surface area contributed by atoms with Crippen LogP contribution in [0.1, 0.15) is 31.0 Å². The summed E-state index contributed by atoms with van der Waals surface area (Å²) in [5.74, 6) is -0.750. The van der Waals surface area contributed by atoms with E-state index in [-0.39, 0.29) is 29.0 Å². The number of carbonyl (C=O) groups is 1. The summed E-state index contributed by atoms with van der Waals surface area (Å²) < 4.78 is 13.9. The molecule has 1 amide bonds. The van der Waals surface area contributed by atoms with Crippen molar-refractivity contribution in [1.82, 2.24) is 10.2 Å². The van der Waals surface area contributed by atoms with E-state index in [0.717, 1.165) is 18.7 Å². The maximum absolute atomic E-state index is 13.9. The predicted molar refractivity (Wildman–Crippen MR) is 105 cm³/mol. The van der Waals surface area contributed by atoms with Gasteiger partial charge in [0.2, 0.25) is 5.91 Å². The zero-order valence-corrected chi connectivity index (χ0v) is 16.4. The molecule has 6 heteroatoms. The van der Waals surface area contributed by atoms with Crippen molar-refractivity contribution in [1.29, 1.82) is 0 Å². The van der Waals surface area contributed by atoms with Crippen LogP contribution >= 0.6 is 23.2 Å².